The molecule has 3 nitrogen and oxygen atoms in total. The first kappa shape index (κ1) is 20.1. The maximum atomic E-state index is 13.6. The Morgan fingerprint density at radius 1 is 0.906 bits per heavy atom. The van der Waals surface area contributed by atoms with Crippen molar-refractivity contribution in [3.05, 3.63) is 120 Å². The average molecular weight is 421 g/mol. The van der Waals surface area contributed by atoms with Gasteiger partial charge in [-0.1, -0.05) is 84.9 Å². The van der Waals surface area contributed by atoms with Crippen LogP contribution < -0.4 is 9.47 Å². The standard InChI is InChI=1S/C29H24O3/c1-2-18-29(19-23-13-7-9-15-25(23)32-28(29)30)27-24-14-8-6-12-22(24)16-17-26(27)31-20-21-10-4-3-5-11-21/h2-17H,1,18-20H2/t29-/m1/s1. The Hall–Kier alpha value is -3.85. The van der Waals surface area contributed by atoms with Crippen molar-refractivity contribution in [1.29, 1.82) is 0 Å². The molecule has 4 aromatic rings. The molecular weight excluding hydrogens is 396 g/mol. The van der Waals surface area contributed by atoms with Crippen LogP contribution >= 0.6 is 0 Å². The summed E-state index contributed by atoms with van der Waals surface area (Å²) < 4.78 is 12.2. The van der Waals surface area contributed by atoms with E-state index in [0.29, 0.717) is 30.9 Å². The lowest BCUT2D eigenvalue weighted by molar-refractivity contribution is -0.142. The number of carbonyl (C=O) groups is 1. The highest BCUT2D eigenvalue weighted by Gasteiger charge is 2.47. The summed E-state index contributed by atoms with van der Waals surface area (Å²) in [7, 11) is 0. The maximum Gasteiger partial charge on any atom is 0.322 e. The molecule has 0 N–H and O–H groups in total. The molecule has 0 saturated carbocycles. The summed E-state index contributed by atoms with van der Waals surface area (Å²) in [5.74, 6) is 1.06. The minimum absolute atomic E-state index is 0.267. The van der Waals surface area contributed by atoms with Gasteiger partial charge in [-0.15, -0.1) is 6.58 Å². The smallest absolute Gasteiger partial charge is 0.322 e. The van der Waals surface area contributed by atoms with Crippen molar-refractivity contribution in [2.24, 2.45) is 0 Å². The molecule has 1 atom stereocenters. The van der Waals surface area contributed by atoms with Crippen LogP contribution in [0.25, 0.3) is 10.8 Å². The fraction of sp³-hybridized carbons (Fsp3) is 0.138. The lowest BCUT2D eigenvalue weighted by Crippen LogP contribution is -2.44. The molecule has 0 fully saturated rings. The van der Waals surface area contributed by atoms with Crippen LogP contribution in [0.3, 0.4) is 0 Å². The molecule has 0 amide bonds. The number of para-hydroxylation sites is 1. The van der Waals surface area contributed by atoms with Crippen LogP contribution in [0.1, 0.15) is 23.1 Å². The summed E-state index contributed by atoms with van der Waals surface area (Å²) in [6.45, 7) is 4.39. The maximum absolute atomic E-state index is 13.6. The largest absolute Gasteiger partial charge is 0.489 e. The second-order valence-corrected chi connectivity index (χ2v) is 8.18. The number of esters is 1. The van der Waals surface area contributed by atoms with Gasteiger partial charge in [0.25, 0.3) is 0 Å². The molecule has 1 aliphatic heterocycles. The highest BCUT2D eigenvalue weighted by atomic mass is 16.5. The van der Waals surface area contributed by atoms with Crippen molar-refractivity contribution >= 4 is 16.7 Å². The molecule has 0 radical (unpaired) electrons. The van der Waals surface area contributed by atoms with Crippen LogP contribution in [0, 0.1) is 0 Å². The third-order valence-corrected chi connectivity index (χ3v) is 6.16. The van der Waals surface area contributed by atoms with E-state index in [1.54, 1.807) is 6.08 Å². The Labute approximate surface area is 187 Å². The molecule has 0 aliphatic carbocycles. The van der Waals surface area contributed by atoms with Gasteiger partial charge in [0.05, 0.1) is 0 Å². The van der Waals surface area contributed by atoms with Gasteiger partial charge in [-0.05, 0) is 46.9 Å². The Morgan fingerprint density at radius 3 is 2.50 bits per heavy atom. The van der Waals surface area contributed by atoms with Crippen molar-refractivity contribution in [3.8, 4) is 11.5 Å². The van der Waals surface area contributed by atoms with Crippen LogP contribution in [-0.4, -0.2) is 5.97 Å². The van der Waals surface area contributed by atoms with Crippen molar-refractivity contribution in [3.63, 3.8) is 0 Å². The molecular formula is C29H24O3. The van der Waals surface area contributed by atoms with Gasteiger partial charge in [-0.2, -0.15) is 0 Å². The quantitative estimate of drug-likeness (QED) is 0.206. The summed E-state index contributed by atoms with van der Waals surface area (Å²) in [6.07, 6.45) is 2.79. The van der Waals surface area contributed by atoms with Gasteiger partial charge in [0.1, 0.15) is 23.5 Å². The number of carbonyl (C=O) groups excluding carboxylic acids is 1. The van der Waals surface area contributed by atoms with E-state index >= 15 is 0 Å². The van der Waals surface area contributed by atoms with Crippen molar-refractivity contribution < 1.29 is 14.3 Å². The highest BCUT2D eigenvalue weighted by Crippen LogP contribution is 2.47. The first-order chi connectivity index (χ1) is 15.7. The van der Waals surface area contributed by atoms with Gasteiger partial charge in [0, 0.05) is 5.56 Å². The minimum Gasteiger partial charge on any atom is -0.489 e. The zero-order valence-electron chi connectivity index (χ0n) is 17.8. The number of rotatable bonds is 6. The molecule has 158 valence electrons. The first-order valence-electron chi connectivity index (χ1n) is 10.8. The molecule has 0 spiro atoms. The van der Waals surface area contributed by atoms with Crippen LogP contribution in [0.15, 0.2) is 104 Å². The first-order valence-corrected chi connectivity index (χ1v) is 10.8. The number of fused-ring (bicyclic) bond motifs is 2. The molecule has 1 heterocycles. The summed E-state index contributed by atoms with van der Waals surface area (Å²) in [5.41, 5.74) is 2.03. The molecule has 4 aromatic carbocycles. The van der Waals surface area contributed by atoms with E-state index in [1.165, 1.54) is 0 Å². The fourth-order valence-corrected chi connectivity index (χ4v) is 4.64. The zero-order valence-corrected chi connectivity index (χ0v) is 17.8. The second kappa shape index (κ2) is 8.35. The normalized spacial score (nSPS) is 17.4. The third kappa shape index (κ3) is 3.46. The molecule has 0 aromatic heterocycles. The molecule has 3 heteroatoms. The summed E-state index contributed by atoms with van der Waals surface area (Å²) in [5, 5.41) is 2.06. The fourth-order valence-electron chi connectivity index (χ4n) is 4.64. The number of allylic oxidation sites excluding steroid dienone is 1. The number of hydrogen-bond donors (Lipinski definition) is 0. The van der Waals surface area contributed by atoms with Gasteiger partial charge in [0.15, 0.2) is 0 Å². The van der Waals surface area contributed by atoms with Crippen LogP contribution in [-0.2, 0) is 23.2 Å². The minimum atomic E-state index is -0.914. The average Bonchev–Trinajstić information content (AvgIpc) is 2.83. The van der Waals surface area contributed by atoms with E-state index in [4.69, 9.17) is 9.47 Å². The Balaban J connectivity index is 1.69. The molecule has 32 heavy (non-hydrogen) atoms. The third-order valence-electron chi connectivity index (χ3n) is 6.16. The second-order valence-electron chi connectivity index (χ2n) is 8.18. The summed E-state index contributed by atoms with van der Waals surface area (Å²) in [6, 6.07) is 29.9. The number of benzene rings is 4. The Kier molecular flexibility index (Phi) is 5.24. The predicted molar refractivity (Wildman–Crippen MR) is 127 cm³/mol. The molecule has 0 bridgehead atoms. The van der Waals surface area contributed by atoms with E-state index in [-0.39, 0.29) is 5.97 Å². The van der Waals surface area contributed by atoms with Crippen LogP contribution in [0.4, 0.5) is 0 Å². The highest BCUT2D eigenvalue weighted by molar-refractivity contribution is 5.97. The van der Waals surface area contributed by atoms with Gasteiger partial charge in [-0.25, -0.2) is 0 Å². The predicted octanol–water partition coefficient (Wildman–Crippen LogP) is 6.39. The van der Waals surface area contributed by atoms with Crippen molar-refractivity contribution in [2.75, 3.05) is 0 Å². The van der Waals surface area contributed by atoms with Crippen molar-refractivity contribution in [2.45, 2.75) is 24.9 Å². The number of ether oxygens (including phenoxy) is 2. The SMILES string of the molecule is C=CC[C@]1(c2c(OCc3ccccc3)ccc3ccccc23)Cc2ccccc2OC1=O. The van der Waals surface area contributed by atoms with Gasteiger partial charge < -0.3 is 9.47 Å². The van der Waals surface area contributed by atoms with Crippen LogP contribution in [0.5, 0.6) is 11.5 Å². The lowest BCUT2D eigenvalue weighted by Gasteiger charge is -2.37. The molecule has 0 unspecified atom stereocenters. The van der Waals surface area contributed by atoms with Gasteiger partial charge in [0.2, 0.25) is 0 Å². The topological polar surface area (TPSA) is 35.5 Å². The van der Waals surface area contributed by atoms with Gasteiger partial charge >= 0.3 is 5.97 Å². The molecule has 1 aliphatic rings. The van der Waals surface area contributed by atoms with E-state index in [1.807, 2.05) is 78.9 Å². The summed E-state index contributed by atoms with van der Waals surface area (Å²) in [4.78, 5) is 13.6. The zero-order chi connectivity index (χ0) is 22.0. The van der Waals surface area contributed by atoms with Gasteiger partial charge in [-0.3, -0.25) is 4.79 Å². The molecule has 5 rings (SSSR count). The van der Waals surface area contributed by atoms with E-state index < -0.39 is 5.41 Å². The Bertz CT molecular complexity index is 1290. The van der Waals surface area contributed by atoms with Crippen molar-refractivity contribution in [1.82, 2.24) is 0 Å². The number of hydrogen-bond acceptors (Lipinski definition) is 3. The van der Waals surface area contributed by atoms with E-state index in [0.717, 1.165) is 27.5 Å². The molecule has 0 saturated heterocycles. The summed E-state index contributed by atoms with van der Waals surface area (Å²) >= 11 is 0. The lowest BCUT2D eigenvalue weighted by atomic mass is 9.70. The van der Waals surface area contributed by atoms with Crippen LogP contribution in [0.2, 0.25) is 0 Å². The monoisotopic (exact) mass is 420 g/mol. The van der Waals surface area contributed by atoms with E-state index in [9.17, 15) is 4.79 Å². The Morgan fingerprint density at radius 2 is 1.66 bits per heavy atom. The van der Waals surface area contributed by atoms with E-state index in [2.05, 4.69) is 18.7 Å².